The molecule has 2 aromatic heterocycles. The van der Waals surface area contributed by atoms with Crippen molar-refractivity contribution in [2.45, 2.75) is 37.7 Å². The number of hydrogen-bond donors (Lipinski definition) is 0. The van der Waals surface area contributed by atoms with Gasteiger partial charge in [0.2, 0.25) is 5.95 Å². The molecule has 0 radical (unpaired) electrons. The smallest absolute Gasteiger partial charge is 0.258 e. The van der Waals surface area contributed by atoms with Crippen molar-refractivity contribution in [3.8, 4) is 17.5 Å². The number of rotatable bonds is 5. The monoisotopic (exact) mass is 431 g/mol. The quantitative estimate of drug-likeness (QED) is 0.614. The number of aromatic nitrogens is 3. The van der Waals surface area contributed by atoms with Gasteiger partial charge in [0.1, 0.15) is 17.7 Å². The van der Waals surface area contributed by atoms with Crippen molar-refractivity contribution in [1.29, 1.82) is 5.26 Å². The van der Waals surface area contributed by atoms with Crippen molar-refractivity contribution in [2.75, 3.05) is 18.0 Å². The third-order valence-electron chi connectivity index (χ3n) is 5.96. The number of nitrogens with zero attached hydrogens (tertiary/aromatic N) is 5. The molecular formula is C24H22FN5O2. The molecule has 3 aromatic rings. The molecule has 32 heavy (non-hydrogen) atoms. The second kappa shape index (κ2) is 8.42. The molecule has 0 unspecified atom stereocenters. The predicted molar refractivity (Wildman–Crippen MR) is 117 cm³/mol. The van der Waals surface area contributed by atoms with Crippen LogP contribution in [0, 0.1) is 17.1 Å². The third kappa shape index (κ3) is 4.19. The molecule has 0 spiro atoms. The van der Waals surface area contributed by atoms with E-state index in [1.54, 1.807) is 6.07 Å². The maximum Gasteiger partial charge on any atom is 0.258 e. The first-order valence-electron chi connectivity index (χ1n) is 10.8. The lowest BCUT2D eigenvalue weighted by Crippen LogP contribution is -2.39. The summed E-state index contributed by atoms with van der Waals surface area (Å²) in [4.78, 5) is 23.7. The van der Waals surface area contributed by atoms with E-state index in [1.165, 1.54) is 47.4 Å². The maximum absolute atomic E-state index is 14.3. The van der Waals surface area contributed by atoms with Gasteiger partial charge in [-0.15, -0.1) is 0 Å². The molecule has 7 nitrogen and oxygen atoms in total. The average Bonchev–Trinajstić information content (AvgIpc) is 3.66. The van der Waals surface area contributed by atoms with E-state index in [1.807, 2.05) is 18.5 Å². The Hall–Kier alpha value is -3.73. The van der Waals surface area contributed by atoms with Crippen LogP contribution in [-0.4, -0.2) is 33.7 Å². The van der Waals surface area contributed by atoms with Gasteiger partial charge >= 0.3 is 0 Å². The van der Waals surface area contributed by atoms with Gasteiger partial charge < -0.3 is 9.64 Å². The summed E-state index contributed by atoms with van der Waals surface area (Å²) in [6.07, 6.45) is 9.41. The number of pyridine rings is 1. The Bertz CT molecular complexity index is 1220. The van der Waals surface area contributed by atoms with Crippen LogP contribution in [0.3, 0.4) is 0 Å². The van der Waals surface area contributed by atoms with Gasteiger partial charge in [0.25, 0.3) is 5.56 Å². The number of halogens is 1. The van der Waals surface area contributed by atoms with Crippen LogP contribution in [0.4, 0.5) is 10.3 Å². The molecule has 0 atom stereocenters. The van der Waals surface area contributed by atoms with Gasteiger partial charge in [0, 0.05) is 50.6 Å². The zero-order valence-electron chi connectivity index (χ0n) is 17.4. The van der Waals surface area contributed by atoms with E-state index in [2.05, 4.69) is 14.9 Å². The van der Waals surface area contributed by atoms with Crippen molar-refractivity contribution in [2.24, 2.45) is 0 Å². The first-order valence-corrected chi connectivity index (χ1v) is 10.8. The second-order valence-corrected chi connectivity index (χ2v) is 8.24. The van der Waals surface area contributed by atoms with E-state index < -0.39 is 11.4 Å². The molecule has 3 heterocycles. The van der Waals surface area contributed by atoms with Crippen molar-refractivity contribution in [1.82, 2.24) is 14.5 Å². The Kier molecular flexibility index (Phi) is 5.31. The van der Waals surface area contributed by atoms with Crippen molar-refractivity contribution in [3.05, 3.63) is 76.2 Å². The zero-order chi connectivity index (χ0) is 22.1. The second-order valence-electron chi connectivity index (χ2n) is 8.24. The van der Waals surface area contributed by atoms with Gasteiger partial charge in [0.15, 0.2) is 0 Å². The normalized spacial score (nSPS) is 16.6. The fourth-order valence-electron chi connectivity index (χ4n) is 3.99. The number of benzene rings is 1. The lowest BCUT2D eigenvalue weighted by atomic mass is 10.1. The number of piperidine rings is 1. The lowest BCUT2D eigenvalue weighted by molar-refractivity contribution is 0.170. The topological polar surface area (TPSA) is 84.0 Å². The highest BCUT2D eigenvalue weighted by Crippen LogP contribution is 2.39. The van der Waals surface area contributed by atoms with Crippen LogP contribution >= 0.6 is 0 Å². The molecule has 0 N–H and O–H groups in total. The van der Waals surface area contributed by atoms with Crippen LogP contribution in [0.25, 0.3) is 5.69 Å². The molecule has 1 aliphatic heterocycles. The fourth-order valence-corrected chi connectivity index (χ4v) is 3.99. The average molecular weight is 431 g/mol. The molecule has 1 saturated carbocycles. The van der Waals surface area contributed by atoms with E-state index in [0.717, 1.165) is 37.9 Å². The van der Waals surface area contributed by atoms with Crippen molar-refractivity contribution in [3.63, 3.8) is 0 Å². The molecule has 2 fully saturated rings. The molecule has 1 saturated heterocycles. The largest absolute Gasteiger partial charge is 0.490 e. The summed E-state index contributed by atoms with van der Waals surface area (Å²) in [5.74, 6) is 1.23. The van der Waals surface area contributed by atoms with Crippen LogP contribution in [0.5, 0.6) is 5.75 Å². The highest BCUT2D eigenvalue weighted by Gasteiger charge is 2.26. The summed E-state index contributed by atoms with van der Waals surface area (Å²) in [6, 6.07) is 8.92. The summed E-state index contributed by atoms with van der Waals surface area (Å²) < 4.78 is 21.5. The molecule has 1 aromatic carbocycles. The first-order chi connectivity index (χ1) is 15.6. The summed E-state index contributed by atoms with van der Waals surface area (Å²) in [5, 5.41) is 8.87. The molecule has 162 valence electrons. The third-order valence-corrected chi connectivity index (χ3v) is 5.96. The molecule has 5 rings (SSSR count). The van der Waals surface area contributed by atoms with Crippen LogP contribution in [0.15, 0.2) is 53.7 Å². The highest BCUT2D eigenvalue weighted by molar-refractivity contribution is 5.41. The zero-order valence-corrected chi connectivity index (χ0v) is 17.4. The predicted octanol–water partition coefficient (Wildman–Crippen LogP) is 3.56. The fraction of sp³-hybridized carbons (Fsp3) is 0.333. The van der Waals surface area contributed by atoms with Crippen LogP contribution in [0.1, 0.15) is 42.7 Å². The van der Waals surface area contributed by atoms with Crippen LogP contribution in [0.2, 0.25) is 0 Å². The SMILES string of the molecule is N#Cc1ccc(-n2ccc(OC3CCN(c4ncc(C5CC5)cn4)CC3)cc2=O)c(F)c1. The number of nitriles is 1. The van der Waals surface area contributed by atoms with Gasteiger partial charge in [-0.25, -0.2) is 14.4 Å². The van der Waals surface area contributed by atoms with Gasteiger partial charge in [-0.1, -0.05) is 0 Å². The van der Waals surface area contributed by atoms with Gasteiger partial charge in [0.05, 0.1) is 17.3 Å². The molecule has 0 amide bonds. The van der Waals surface area contributed by atoms with Gasteiger partial charge in [-0.3, -0.25) is 9.36 Å². The minimum Gasteiger partial charge on any atom is -0.490 e. The molecular weight excluding hydrogens is 409 g/mol. The Morgan fingerprint density at radius 3 is 2.44 bits per heavy atom. The van der Waals surface area contributed by atoms with E-state index in [9.17, 15) is 9.18 Å². The summed E-state index contributed by atoms with van der Waals surface area (Å²) in [6.45, 7) is 1.56. The van der Waals surface area contributed by atoms with E-state index in [0.29, 0.717) is 11.7 Å². The minimum absolute atomic E-state index is 0.0149. The van der Waals surface area contributed by atoms with Gasteiger partial charge in [-0.2, -0.15) is 5.26 Å². The summed E-state index contributed by atoms with van der Waals surface area (Å²) in [7, 11) is 0. The van der Waals surface area contributed by atoms with Crippen LogP contribution in [-0.2, 0) is 0 Å². The Balaban J connectivity index is 1.21. The number of hydrogen-bond acceptors (Lipinski definition) is 6. The van der Waals surface area contributed by atoms with Crippen molar-refractivity contribution >= 4 is 5.95 Å². The molecule has 1 aliphatic carbocycles. The first kappa shape index (κ1) is 20.2. The van der Waals surface area contributed by atoms with E-state index in [4.69, 9.17) is 10.00 Å². The van der Waals surface area contributed by atoms with Crippen molar-refractivity contribution < 1.29 is 9.13 Å². The Labute approximate surface area is 184 Å². The number of ether oxygens (including phenoxy) is 1. The standard InChI is InChI=1S/C24H22FN5O2/c25-21-11-16(13-26)1-4-22(21)30-10-7-20(12-23(30)31)32-19-5-8-29(9-6-19)24-27-14-18(15-28-24)17-2-3-17/h1,4,7,10-12,14-15,17,19H,2-3,5-6,8-9H2. The van der Waals surface area contributed by atoms with Crippen LogP contribution < -0.4 is 15.2 Å². The Morgan fingerprint density at radius 1 is 1.06 bits per heavy atom. The lowest BCUT2D eigenvalue weighted by Gasteiger charge is -2.32. The summed E-state index contributed by atoms with van der Waals surface area (Å²) in [5.41, 5.74) is 1.13. The minimum atomic E-state index is -0.625. The molecule has 2 aliphatic rings. The van der Waals surface area contributed by atoms with E-state index >= 15 is 0 Å². The molecule has 0 bridgehead atoms. The van der Waals surface area contributed by atoms with Gasteiger partial charge in [-0.05, 0) is 48.6 Å². The number of anilines is 1. The Morgan fingerprint density at radius 2 is 1.81 bits per heavy atom. The summed E-state index contributed by atoms with van der Waals surface area (Å²) >= 11 is 0. The maximum atomic E-state index is 14.3. The molecule has 8 heteroatoms. The highest BCUT2D eigenvalue weighted by atomic mass is 19.1. The van der Waals surface area contributed by atoms with E-state index in [-0.39, 0.29) is 17.4 Å².